The highest BCUT2D eigenvalue weighted by molar-refractivity contribution is 7.80. The summed E-state index contributed by atoms with van der Waals surface area (Å²) >= 11 is 5.86. The molecule has 2 N–H and O–H groups in total. The lowest BCUT2D eigenvalue weighted by Gasteiger charge is -2.35. The Morgan fingerprint density at radius 1 is 0.892 bits per heavy atom. The van der Waals surface area contributed by atoms with Crippen LogP contribution in [0.1, 0.15) is 42.5 Å². The molecule has 3 aromatic carbocycles. The van der Waals surface area contributed by atoms with Gasteiger partial charge in [0.05, 0.1) is 23.5 Å². The Morgan fingerprint density at radius 3 is 2.00 bits per heavy atom. The minimum Gasteiger partial charge on any atom is -0.481 e. The molecule has 0 spiro atoms. The summed E-state index contributed by atoms with van der Waals surface area (Å²) in [6.45, 7) is 1.62. The molecule has 1 saturated heterocycles. The Hall–Kier alpha value is -3.91. The number of imidazole rings is 1. The highest BCUT2D eigenvalue weighted by Gasteiger charge is 2.27. The van der Waals surface area contributed by atoms with Crippen molar-refractivity contribution in [3.05, 3.63) is 107 Å². The zero-order valence-corrected chi connectivity index (χ0v) is 21.3. The number of rotatable bonds is 7. The molecule has 0 aliphatic carbocycles. The van der Waals surface area contributed by atoms with Crippen LogP contribution in [0.15, 0.2) is 89.7 Å². The number of aromatic nitrogens is 2. The van der Waals surface area contributed by atoms with Crippen molar-refractivity contribution in [1.82, 2.24) is 19.4 Å². The highest BCUT2D eigenvalue weighted by atomic mass is 32.1. The van der Waals surface area contributed by atoms with E-state index in [0.29, 0.717) is 5.11 Å². The van der Waals surface area contributed by atoms with E-state index in [1.165, 1.54) is 0 Å². The molecule has 7 nitrogen and oxygen atoms in total. The van der Waals surface area contributed by atoms with Gasteiger partial charge in [-0.05, 0) is 48.3 Å². The van der Waals surface area contributed by atoms with Gasteiger partial charge in [0, 0.05) is 25.7 Å². The maximum Gasteiger partial charge on any atom is 0.329 e. The van der Waals surface area contributed by atoms with Gasteiger partial charge < -0.3 is 15.3 Å². The van der Waals surface area contributed by atoms with E-state index in [9.17, 15) is 9.59 Å². The number of likely N-dealkylation sites (tertiary alicyclic amines) is 1. The molecule has 1 aromatic heterocycles. The molecule has 8 heteroatoms. The van der Waals surface area contributed by atoms with Crippen molar-refractivity contribution >= 4 is 34.3 Å². The molecule has 1 fully saturated rings. The first-order valence-electron chi connectivity index (χ1n) is 12.6. The van der Waals surface area contributed by atoms with Crippen LogP contribution in [-0.4, -0.2) is 43.3 Å². The SMILES string of the molecule is O=C(O)CCn1c(=O)n(C2CCN(C(=S)NC(c3ccccc3)c3ccccc3)CC2)c2ccccc21. The van der Waals surface area contributed by atoms with Gasteiger partial charge >= 0.3 is 11.7 Å². The molecule has 0 radical (unpaired) electrons. The van der Waals surface area contributed by atoms with E-state index >= 15 is 0 Å². The average Bonchev–Trinajstić information content (AvgIpc) is 3.22. The molecule has 5 rings (SSSR count). The molecular formula is C29H30N4O3S. The lowest BCUT2D eigenvalue weighted by atomic mass is 9.99. The fraction of sp³-hybridized carbons (Fsp3) is 0.276. The van der Waals surface area contributed by atoms with Crippen LogP contribution in [0.4, 0.5) is 0 Å². The first-order chi connectivity index (χ1) is 18.0. The summed E-state index contributed by atoms with van der Waals surface area (Å²) in [6.07, 6.45) is 1.46. The van der Waals surface area contributed by atoms with Gasteiger partial charge in [0.15, 0.2) is 5.11 Å². The minimum atomic E-state index is -0.914. The monoisotopic (exact) mass is 514 g/mol. The van der Waals surface area contributed by atoms with Crippen LogP contribution in [0.25, 0.3) is 11.0 Å². The fourth-order valence-corrected chi connectivity index (χ4v) is 5.50. The zero-order valence-electron chi connectivity index (χ0n) is 20.5. The van der Waals surface area contributed by atoms with Gasteiger partial charge in [-0.25, -0.2) is 4.79 Å². The maximum absolute atomic E-state index is 13.4. The Balaban J connectivity index is 1.32. The van der Waals surface area contributed by atoms with E-state index in [4.69, 9.17) is 17.3 Å². The van der Waals surface area contributed by atoms with Crippen molar-refractivity contribution < 1.29 is 9.90 Å². The van der Waals surface area contributed by atoms with Crippen LogP contribution in [0, 0.1) is 0 Å². The van der Waals surface area contributed by atoms with E-state index in [1.807, 2.05) is 65.2 Å². The smallest absolute Gasteiger partial charge is 0.329 e. The molecule has 190 valence electrons. The summed E-state index contributed by atoms with van der Waals surface area (Å²) in [4.78, 5) is 26.7. The summed E-state index contributed by atoms with van der Waals surface area (Å²) in [7, 11) is 0. The van der Waals surface area contributed by atoms with Crippen LogP contribution < -0.4 is 11.0 Å². The number of carbonyl (C=O) groups is 1. The second kappa shape index (κ2) is 11.0. The predicted molar refractivity (Wildman–Crippen MR) is 149 cm³/mol. The van der Waals surface area contributed by atoms with Gasteiger partial charge in [0.1, 0.15) is 0 Å². The summed E-state index contributed by atoms with van der Waals surface area (Å²) < 4.78 is 3.44. The highest BCUT2D eigenvalue weighted by Crippen LogP contribution is 2.27. The van der Waals surface area contributed by atoms with Crippen LogP contribution in [0.3, 0.4) is 0 Å². The van der Waals surface area contributed by atoms with E-state index in [1.54, 1.807) is 4.57 Å². The summed E-state index contributed by atoms with van der Waals surface area (Å²) in [5, 5.41) is 13.4. The number of aliphatic carboxylic acids is 1. The summed E-state index contributed by atoms with van der Waals surface area (Å²) in [6, 6.07) is 28.2. The standard InChI is InChI=1S/C29H30N4O3S/c34-26(35)17-20-32-24-13-7-8-14-25(24)33(29(32)36)23-15-18-31(19-16-23)28(37)30-27(21-9-3-1-4-10-21)22-11-5-2-6-12-22/h1-14,23,27H,15-20H2,(H,30,37)(H,34,35). The third kappa shape index (κ3) is 5.29. The van der Waals surface area contributed by atoms with Gasteiger partial charge in [0.2, 0.25) is 0 Å². The average molecular weight is 515 g/mol. The van der Waals surface area contributed by atoms with Crippen LogP contribution in [0.5, 0.6) is 0 Å². The van der Waals surface area contributed by atoms with E-state index in [2.05, 4.69) is 34.5 Å². The summed E-state index contributed by atoms with van der Waals surface area (Å²) in [5.41, 5.74) is 3.78. The Kier molecular flexibility index (Phi) is 7.37. The third-order valence-electron chi connectivity index (χ3n) is 7.07. The number of hydrogen-bond acceptors (Lipinski definition) is 3. The number of para-hydroxylation sites is 2. The normalized spacial score (nSPS) is 14.2. The second-order valence-electron chi connectivity index (χ2n) is 9.36. The van der Waals surface area contributed by atoms with Gasteiger partial charge in [-0.15, -0.1) is 0 Å². The molecule has 4 aromatic rings. The number of fused-ring (bicyclic) bond motifs is 1. The van der Waals surface area contributed by atoms with Crippen molar-refractivity contribution in [2.75, 3.05) is 13.1 Å². The number of carboxylic acids is 1. The minimum absolute atomic E-state index is 0.0292. The molecular weight excluding hydrogens is 484 g/mol. The number of thiocarbonyl (C=S) groups is 1. The van der Waals surface area contributed by atoms with Gasteiger partial charge in [0.25, 0.3) is 0 Å². The molecule has 1 aliphatic heterocycles. The molecule has 0 atom stereocenters. The maximum atomic E-state index is 13.4. The molecule has 0 unspecified atom stereocenters. The van der Waals surface area contributed by atoms with Crippen molar-refractivity contribution in [2.24, 2.45) is 0 Å². The molecule has 37 heavy (non-hydrogen) atoms. The van der Waals surface area contributed by atoms with Gasteiger partial charge in [-0.2, -0.15) is 0 Å². The quantitative estimate of drug-likeness (QED) is 0.352. The van der Waals surface area contributed by atoms with E-state index in [-0.39, 0.29) is 30.7 Å². The van der Waals surface area contributed by atoms with E-state index < -0.39 is 5.97 Å². The molecule has 0 bridgehead atoms. The second-order valence-corrected chi connectivity index (χ2v) is 9.75. The topological polar surface area (TPSA) is 79.5 Å². The lowest BCUT2D eigenvalue weighted by molar-refractivity contribution is -0.137. The number of piperidine rings is 1. The first kappa shape index (κ1) is 24.8. The third-order valence-corrected chi connectivity index (χ3v) is 7.44. The number of nitrogens with zero attached hydrogens (tertiary/aromatic N) is 3. The molecule has 0 amide bonds. The Labute approximate surface area is 221 Å². The van der Waals surface area contributed by atoms with Gasteiger partial charge in [-0.3, -0.25) is 13.9 Å². The number of hydrogen-bond donors (Lipinski definition) is 2. The number of nitrogens with one attached hydrogen (secondary N) is 1. The van der Waals surface area contributed by atoms with Crippen LogP contribution >= 0.6 is 12.2 Å². The molecule has 2 heterocycles. The Bertz CT molecular complexity index is 1400. The van der Waals surface area contributed by atoms with Crippen molar-refractivity contribution in [1.29, 1.82) is 0 Å². The molecule has 0 saturated carbocycles. The predicted octanol–water partition coefficient (Wildman–Crippen LogP) is 4.58. The number of aryl methyl sites for hydroxylation is 1. The zero-order chi connectivity index (χ0) is 25.8. The van der Waals surface area contributed by atoms with E-state index in [0.717, 1.165) is 48.1 Å². The van der Waals surface area contributed by atoms with Crippen molar-refractivity contribution in [3.63, 3.8) is 0 Å². The molecule has 1 aliphatic rings. The largest absolute Gasteiger partial charge is 0.481 e. The lowest BCUT2D eigenvalue weighted by Crippen LogP contribution is -2.46. The summed E-state index contributed by atoms with van der Waals surface area (Å²) in [5.74, 6) is -0.914. The first-order valence-corrected chi connectivity index (χ1v) is 13.0. The van der Waals surface area contributed by atoms with Crippen LogP contribution in [0.2, 0.25) is 0 Å². The Morgan fingerprint density at radius 2 is 1.43 bits per heavy atom. The van der Waals surface area contributed by atoms with Crippen molar-refractivity contribution in [2.45, 2.75) is 37.9 Å². The van der Waals surface area contributed by atoms with Crippen LogP contribution in [-0.2, 0) is 11.3 Å². The fourth-order valence-electron chi connectivity index (χ4n) is 5.20. The number of benzene rings is 3. The number of carboxylic acid groups (broad SMARTS) is 1. The van der Waals surface area contributed by atoms with Crippen molar-refractivity contribution in [3.8, 4) is 0 Å². The van der Waals surface area contributed by atoms with Gasteiger partial charge in [-0.1, -0.05) is 72.8 Å².